The van der Waals surface area contributed by atoms with Crippen molar-refractivity contribution in [2.75, 3.05) is 38.7 Å². The van der Waals surface area contributed by atoms with E-state index in [1.54, 1.807) is 20.8 Å². The Morgan fingerprint density at radius 2 is 1.93 bits per heavy atom. The van der Waals surface area contributed by atoms with Gasteiger partial charge in [0, 0.05) is 30.8 Å². The zero-order valence-electron chi connectivity index (χ0n) is 18.3. The molecule has 9 nitrogen and oxygen atoms in total. The van der Waals surface area contributed by atoms with Crippen molar-refractivity contribution < 1.29 is 45.4 Å². The first-order valence-corrected chi connectivity index (χ1v) is 11.6. The molecule has 0 spiro atoms. The van der Waals surface area contributed by atoms with E-state index in [1.165, 1.54) is 0 Å². The first kappa shape index (κ1) is 21.2. The van der Waals surface area contributed by atoms with Gasteiger partial charge < -0.3 is 19.7 Å². The van der Waals surface area contributed by atoms with E-state index in [0.717, 1.165) is 11.8 Å². The van der Waals surface area contributed by atoms with E-state index in [2.05, 4.69) is 0 Å². The molecule has 28 heavy (non-hydrogen) atoms. The Bertz CT molecular complexity index is 621. The number of hydrogen-bond donors (Lipinski definition) is 2. The van der Waals surface area contributed by atoms with Crippen molar-refractivity contribution in [2.24, 2.45) is 5.41 Å². The van der Waals surface area contributed by atoms with Crippen molar-refractivity contribution in [1.29, 1.82) is 0 Å². The summed E-state index contributed by atoms with van der Waals surface area (Å²) >= 11 is 1.04. The lowest BCUT2D eigenvalue weighted by atomic mass is 10.00. The maximum atomic E-state index is 13.2. The van der Waals surface area contributed by atoms with Crippen molar-refractivity contribution in [2.45, 2.75) is 58.0 Å². The smallest absolute Gasteiger partial charge is 0.394 e. The zero-order valence-corrected chi connectivity index (χ0v) is 18.0. The molecule has 2 rings (SSSR count). The minimum atomic E-state index is -4.20. The molecule has 0 aliphatic carbocycles. The van der Waals surface area contributed by atoms with E-state index in [0.29, 0.717) is 0 Å². The number of rotatable bonds is 10. The second-order valence-electron chi connectivity index (χ2n) is 7.51. The molecule has 2 aliphatic heterocycles. The van der Waals surface area contributed by atoms with Crippen LogP contribution in [-0.2, 0) is 32.4 Å². The standard InChI is InChI=1S/C17H31O9PS/c1-17(2,3)16(20)28-9-8-24-27(21,25-11-15-12(19)4-6-23-15)26-13-5-7-22-14(13)10-18/h12-15,18-19H,4-11H2,1-3H3/t12-,13-,14-,15-,27+/m1/s1/i6T,7T/t6-,7+,12+,13+,14+,15+,27-/m0. The summed E-state index contributed by atoms with van der Waals surface area (Å²) in [5, 5.41) is 19.2. The second kappa shape index (κ2) is 10.8. The Balaban J connectivity index is 1.96. The fourth-order valence-electron chi connectivity index (χ4n) is 2.38. The zero-order chi connectivity index (χ0) is 22.5. The van der Waals surface area contributed by atoms with Gasteiger partial charge in [0.25, 0.3) is 0 Å². The SMILES string of the molecule is [3H][C@@H]1C[C@@H](O[P@@](=O)(OCCSC(=O)C(C)(C)C)OC[C@H]2O[C@@H]([3H])C[C@H]2O)[C@@H](CO)O1. The fourth-order valence-corrected chi connectivity index (χ4v) is 4.69. The number of phosphoric ester groups is 1. The molecule has 0 bridgehead atoms. The molecule has 2 N–H and O–H groups in total. The molecule has 7 atom stereocenters. The van der Waals surface area contributed by atoms with Gasteiger partial charge in [-0.2, -0.15) is 0 Å². The molecule has 2 fully saturated rings. The van der Waals surface area contributed by atoms with Crippen LogP contribution in [0.25, 0.3) is 0 Å². The van der Waals surface area contributed by atoms with Gasteiger partial charge in [0.05, 0.1) is 28.7 Å². The molecule has 0 saturated carbocycles. The predicted molar refractivity (Wildman–Crippen MR) is 103 cm³/mol. The van der Waals surface area contributed by atoms with Crippen LogP contribution in [0.2, 0.25) is 0 Å². The van der Waals surface area contributed by atoms with E-state index in [9.17, 15) is 19.6 Å². The summed E-state index contributed by atoms with van der Waals surface area (Å²) in [5.74, 6) is 0.218. The van der Waals surface area contributed by atoms with Crippen molar-refractivity contribution in [3.05, 3.63) is 0 Å². The molecular weight excluding hydrogens is 411 g/mol. The highest BCUT2D eigenvalue weighted by atomic mass is 32.2. The van der Waals surface area contributed by atoms with Crippen molar-refractivity contribution in [3.8, 4) is 0 Å². The number of carbonyl (C=O) groups is 1. The van der Waals surface area contributed by atoms with Gasteiger partial charge in [-0.1, -0.05) is 32.5 Å². The number of carbonyl (C=O) groups excluding carboxylic acids is 1. The number of phosphoric acid groups is 1. The number of thioether (sulfide) groups is 1. The molecule has 0 radical (unpaired) electrons. The van der Waals surface area contributed by atoms with Crippen LogP contribution in [-0.4, -0.2) is 78.5 Å². The maximum Gasteiger partial charge on any atom is 0.475 e. The van der Waals surface area contributed by atoms with Crippen LogP contribution in [0.1, 0.15) is 36.4 Å². The fraction of sp³-hybridized carbons (Fsp3) is 0.941. The minimum Gasteiger partial charge on any atom is -0.394 e. The van der Waals surface area contributed by atoms with Crippen molar-refractivity contribution in [3.63, 3.8) is 0 Å². The Morgan fingerprint density at radius 1 is 1.25 bits per heavy atom. The van der Waals surface area contributed by atoms with Crippen LogP contribution in [0.15, 0.2) is 0 Å². The molecule has 0 unspecified atom stereocenters. The van der Waals surface area contributed by atoms with Crippen LogP contribution in [0.5, 0.6) is 0 Å². The summed E-state index contributed by atoms with van der Waals surface area (Å²) in [6, 6.07) is 0. The van der Waals surface area contributed by atoms with Gasteiger partial charge in [-0.3, -0.25) is 18.4 Å². The average molecular weight is 446 g/mol. The molecule has 0 aromatic rings. The molecule has 0 aromatic heterocycles. The summed E-state index contributed by atoms with van der Waals surface area (Å²) in [5.41, 5.74) is -0.525. The van der Waals surface area contributed by atoms with Gasteiger partial charge in [0.2, 0.25) is 0 Å². The van der Waals surface area contributed by atoms with Crippen LogP contribution < -0.4 is 0 Å². The topological polar surface area (TPSA) is 121 Å². The van der Waals surface area contributed by atoms with E-state index < -0.39 is 57.4 Å². The Labute approximate surface area is 172 Å². The molecule has 0 amide bonds. The van der Waals surface area contributed by atoms with E-state index >= 15 is 0 Å². The number of ether oxygens (including phenoxy) is 2. The summed E-state index contributed by atoms with van der Waals surface area (Å²) in [6.07, 6.45) is -3.37. The third kappa shape index (κ3) is 7.34. The largest absolute Gasteiger partial charge is 0.475 e. The third-order valence-electron chi connectivity index (χ3n) is 4.07. The van der Waals surface area contributed by atoms with E-state index in [1.807, 2.05) is 0 Å². The minimum absolute atomic E-state index is 0.0479. The lowest BCUT2D eigenvalue weighted by Gasteiger charge is -2.25. The summed E-state index contributed by atoms with van der Waals surface area (Å²) in [6.45, 7) is 2.66. The van der Waals surface area contributed by atoms with Crippen LogP contribution >= 0.6 is 19.6 Å². The average Bonchev–Trinajstić information content (AvgIpc) is 3.16. The predicted octanol–water partition coefficient (Wildman–Crippen LogP) is 1.75. The molecule has 11 heteroatoms. The van der Waals surface area contributed by atoms with Crippen molar-refractivity contribution in [1.82, 2.24) is 0 Å². The van der Waals surface area contributed by atoms with Crippen LogP contribution in [0.4, 0.5) is 0 Å². The monoisotopic (exact) mass is 446 g/mol. The first-order valence-electron chi connectivity index (χ1n) is 10.3. The summed E-state index contributed by atoms with van der Waals surface area (Å²) in [7, 11) is -4.20. The van der Waals surface area contributed by atoms with E-state index in [4.69, 9.17) is 25.8 Å². The van der Waals surface area contributed by atoms with Gasteiger partial charge in [0.1, 0.15) is 18.3 Å². The van der Waals surface area contributed by atoms with Crippen LogP contribution in [0, 0.1) is 5.41 Å². The molecule has 164 valence electrons. The van der Waals surface area contributed by atoms with E-state index in [-0.39, 0.29) is 36.9 Å². The highest BCUT2D eigenvalue weighted by molar-refractivity contribution is 8.13. The molecule has 2 heterocycles. The molecule has 2 aliphatic rings. The van der Waals surface area contributed by atoms with Gasteiger partial charge in [-0.25, -0.2) is 4.57 Å². The molecule has 0 aromatic carbocycles. The van der Waals surface area contributed by atoms with Gasteiger partial charge >= 0.3 is 7.82 Å². The molecule has 2 saturated heterocycles. The lowest BCUT2D eigenvalue weighted by molar-refractivity contribution is -0.117. The highest BCUT2D eigenvalue weighted by Gasteiger charge is 2.39. The quantitative estimate of drug-likeness (QED) is 0.379. The lowest BCUT2D eigenvalue weighted by Crippen LogP contribution is -2.29. The summed E-state index contributed by atoms with van der Waals surface area (Å²) in [4.78, 5) is 12.0. The number of aliphatic hydroxyl groups excluding tert-OH is 2. The third-order valence-corrected chi connectivity index (χ3v) is 6.81. The van der Waals surface area contributed by atoms with Gasteiger partial charge in [-0.15, -0.1) is 0 Å². The number of aliphatic hydroxyl groups is 2. The Hall–Kier alpha value is -0.0300. The first-order chi connectivity index (χ1) is 13.9. The van der Waals surface area contributed by atoms with Gasteiger partial charge in [-0.05, 0) is 6.42 Å². The Morgan fingerprint density at radius 3 is 2.54 bits per heavy atom. The second-order valence-corrected chi connectivity index (χ2v) is 10.2. The Kier molecular flexibility index (Phi) is 8.21. The number of hydrogen-bond acceptors (Lipinski definition) is 10. The van der Waals surface area contributed by atoms with Crippen molar-refractivity contribution >= 4 is 24.7 Å². The normalized spacial score (nSPS) is 36.8. The summed E-state index contributed by atoms with van der Waals surface area (Å²) < 4.78 is 55.0. The van der Waals surface area contributed by atoms with Crippen LogP contribution in [0.3, 0.4) is 0 Å². The highest BCUT2D eigenvalue weighted by Crippen LogP contribution is 2.52. The molecular formula is C17H31O9PS. The van der Waals surface area contributed by atoms with Gasteiger partial charge in [0.15, 0.2) is 5.12 Å². The maximum absolute atomic E-state index is 13.2.